The predicted molar refractivity (Wildman–Crippen MR) is 59.3 cm³/mol. The van der Waals surface area contributed by atoms with Crippen molar-refractivity contribution >= 4 is 5.78 Å². The van der Waals surface area contributed by atoms with Crippen LogP contribution < -0.4 is 4.74 Å². The lowest BCUT2D eigenvalue weighted by molar-refractivity contribution is -0.126. The van der Waals surface area contributed by atoms with Gasteiger partial charge in [0, 0.05) is 18.4 Å². The van der Waals surface area contributed by atoms with E-state index in [4.69, 9.17) is 4.74 Å². The summed E-state index contributed by atoms with van der Waals surface area (Å²) in [5, 5.41) is 9.26. The molecule has 0 unspecified atom stereocenters. The van der Waals surface area contributed by atoms with Gasteiger partial charge in [-0.05, 0) is 13.0 Å². The Hall–Kier alpha value is -1.82. The number of ether oxygens (including phenoxy) is 1. The molecule has 0 heterocycles. The van der Waals surface area contributed by atoms with Crippen LogP contribution in [0.15, 0.2) is 18.2 Å². The van der Waals surface area contributed by atoms with Gasteiger partial charge in [0.2, 0.25) is 0 Å². The molecule has 3 nitrogen and oxygen atoms in total. The monoisotopic (exact) mass is 215 g/mol. The van der Waals surface area contributed by atoms with E-state index in [-0.39, 0.29) is 5.78 Å². The van der Waals surface area contributed by atoms with Crippen molar-refractivity contribution in [3.05, 3.63) is 29.3 Å². The highest BCUT2D eigenvalue weighted by Crippen LogP contribution is 2.44. The SMILES string of the molecule is COc1ccc(C)cc1C1(C#N)CC(=O)C1. The van der Waals surface area contributed by atoms with Gasteiger partial charge in [-0.2, -0.15) is 5.26 Å². The van der Waals surface area contributed by atoms with E-state index >= 15 is 0 Å². The predicted octanol–water partition coefficient (Wildman–Crippen LogP) is 2.13. The highest BCUT2D eigenvalue weighted by molar-refractivity contribution is 5.90. The van der Waals surface area contributed by atoms with E-state index in [0.29, 0.717) is 18.6 Å². The van der Waals surface area contributed by atoms with E-state index in [0.717, 1.165) is 11.1 Å². The summed E-state index contributed by atoms with van der Waals surface area (Å²) in [6.07, 6.45) is 0.618. The van der Waals surface area contributed by atoms with Crippen LogP contribution in [-0.2, 0) is 10.2 Å². The zero-order valence-corrected chi connectivity index (χ0v) is 9.41. The highest BCUT2D eigenvalue weighted by Gasteiger charge is 2.47. The number of methoxy groups -OCH3 is 1. The first-order chi connectivity index (χ1) is 7.61. The molecule has 0 aromatic heterocycles. The van der Waals surface area contributed by atoms with Gasteiger partial charge in [0.1, 0.15) is 11.5 Å². The summed E-state index contributed by atoms with van der Waals surface area (Å²) in [7, 11) is 1.58. The fourth-order valence-electron chi connectivity index (χ4n) is 2.15. The van der Waals surface area contributed by atoms with Gasteiger partial charge in [-0.15, -0.1) is 0 Å². The zero-order valence-electron chi connectivity index (χ0n) is 9.41. The van der Waals surface area contributed by atoms with Gasteiger partial charge in [0.05, 0.1) is 18.6 Å². The summed E-state index contributed by atoms with van der Waals surface area (Å²) in [5.41, 5.74) is 1.26. The van der Waals surface area contributed by atoms with Crippen molar-refractivity contribution in [2.45, 2.75) is 25.2 Å². The topological polar surface area (TPSA) is 50.1 Å². The van der Waals surface area contributed by atoms with Crippen LogP contribution in [0.5, 0.6) is 5.75 Å². The lowest BCUT2D eigenvalue weighted by Gasteiger charge is -2.35. The van der Waals surface area contributed by atoms with Gasteiger partial charge in [-0.25, -0.2) is 0 Å². The number of carbonyl (C=O) groups excluding carboxylic acids is 1. The van der Waals surface area contributed by atoms with Crippen molar-refractivity contribution in [2.75, 3.05) is 7.11 Å². The zero-order chi connectivity index (χ0) is 11.8. The van der Waals surface area contributed by atoms with Gasteiger partial charge < -0.3 is 4.74 Å². The molecule has 0 amide bonds. The van der Waals surface area contributed by atoms with Crippen LogP contribution in [0.1, 0.15) is 24.0 Å². The minimum atomic E-state index is -0.658. The Morgan fingerprint density at radius 3 is 2.62 bits per heavy atom. The molecule has 1 aromatic carbocycles. The maximum absolute atomic E-state index is 11.1. The first kappa shape index (κ1) is 10.7. The summed E-state index contributed by atoms with van der Waals surface area (Å²) in [4.78, 5) is 11.1. The first-order valence-corrected chi connectivity index (χ1v) is 5.19. The molecule has 1 fully saturated rings. The number of aryl methyl sites for hydroxylation is 1. The molecule has 0 saturated heterocycles. The second-order valence-corrected chi connectivity index (χ2v) is 4.29. The molecule has 3 heteroatoms. The Morgan fingerprint density at radius 2 is 2.12 bits per heavy atom. The molecule has 0 radical (unpaired) electrons. The van der Waals surface area contributed by atoms with Crippen molar-refractivity contribution < 1.29 is 9.53 Å². The van der Waals surface area contributed by atoms with Crippen LogP contribution in [0, 0.1) is 18.3 Å². The quantitative estimate of drug-likeness (QED) is 0.759. The molecule has 0 spiro atoms. The first-order valence-electron chi connectivity index (χ1n) is 5.19. The molecular formula is C13H13NO2. The molecule has 0 aliphatic heterocycles. The molecule has 16 heavy (non-hydrogen) atoms. The maximum Gasteiger partial charge on any atom is 0.136 e. The standard InChI is InChI=1S/C13H13NO2/c1-9-3-4-12(16-2)11(5-9)13(8-14)6-10(15)7-13/h3-5H,6-7H2,1-2H3. The van der Waals surface area contributed by atoms with Gasteiger partial charge in [-0.1, -0.05) is 17.7 Å². The van der Waals surface area contributed by atoms with Gasteiger partial charge >= 0.3 is 0 Å². The number of nitrogens with zero attached hydrogens (tertiary/aromatic N) is 1. The Morgan fingerprint density at radius 1 is 1.44 bits per heavy atom. The average molecular weight is 215 g/mol. The van der Waals surface area contributed by atoms with E-state index in [1.54, 1.807) is 7.11 Å². The molecule has 0 bridgehead atoms. The summed E-state index contributed by atoms with van der Waals surface area (Å²) in [5.74, 6) is 0.838. The number of hydrogen-bond acceptors (Lipinski definition) is 3. The third-order valence-electron chi connectivity index (χ3n) is 3.08. The Bertz CT molecular complexity index is 477. The molecule has 1 aliphatic carbocycles. The number of hydrogen-bond donors (Lipinski definition) is 0. The van der Waals surface area contributed by atoms with Crippen LogP contribution >= 0.6 is 0 Å². The number of carbonyl (C=O) groups is 1. The molecule has 1 aromatic rings. The van der Waals surface area contributed by atoms with E-state index in [2.05, 4.69) is 6.07 Å². The molecule has 1 saturated carbocycles. The average Bonchev–Trinajstić information content (AvgIpc) is 2.24. The van der Waals surface area contributed by atoms with Crippen molar-refractivity contribution in [3.8, 4) is 11.8 Å². The molecular weight excluding hydrogens is 202 g/mol. The third kappa shape index (κ3) is 1.47. The molecule has 0 atom stereocenters. The number of benzene rings is 1. The lowest BCUT2D eigenvalue weighted by atomic mass is 9.64. The van der Waals surface area contributed by atoms with E-state index in [9.17, 15) is 10.1 Å². The molecule has 2 rings (SSSR count). The maximum atomic E-state index is 11.1. The Balaban J connectivity index is 2.50. The highest BCUT2D eigenvalue weighted by atomic mass is 16.5. The van der Waals surface area contributed by atoms with Gasteiger partial charge in [0.15, 0.2) is 0 Å². The fourth-order valence-corrected chi connectivity index (χ4v) is 2.15. The van der Waals surface area contributed by atoms with Crippen molar-refractivity contribution in [1.82, 2.24) is 0 Å². The van der Waals surface area contributed by atoms with E-state index < -0.39 is 5.41 Å². The lowest BCUT2D eigenvalue weighted by Crippen LogP contribution is -2.40. The summed E-state index contributed by atoms with van der Waals surface area (Å²) in [6, 6.07) is 7.99. The van der Waals surface area contributed by atoms with Gasteiger partial charge in [0.25, 0.3) is 0 Å². The number of rotatable bonds is 2. The second kappa shape index (κ2) is 3.64. The number of Topliss-reactive ketones (excluding diaryl/α,β-unsaturated/α-hetero) is 1. The second-order valence-electron chi connectivity index (χ2n) is 4.29. The number of nitriles is 1. The molecule has 82 valence electrons. The normalized spacial score (nSPS) is 17.4. The van der Waals surface area contributed by atoms with E-state index in [1.807, 2.05) is 25.1 Å². The smallest absolute Gasteiger partial charge is 0.136 e. The fraction of sp³-hybridized carbons (Fsp3) is 0.385. The van der Waals surface area contributed by atoms with Gasteiger partial charge in [-0.3, -0.25) is 4.79 Å². The summed E-state index contributed by atoms with van der Waals surface area (Å²) < 4.78 is 5.26. The minimum absolute atomic E-state index is 0.144. The van der Waals surface area contributed by atoms with Crippen LogP contribution in [0.3, 0.4) is 0 Å². The largest absolute Gasteiger partial charge is 0.496 e. The third-order valence-corrected chi connectivity index (χ3v) is 3.08. The van der Waals surface area contributed by atoms with Crippen LogP contribution in [0.25, 0.3) is 0 Å². The molecule has 0 N–H and O–H groups in total. The van der Waals surface area contributed by atoms with E-state index in [1.165, 1.54) is 0 Å². The van der Waals surface area contributed by atoms with Crippen molar-refractivity contribution in [3.63, 3.8) is 0 Å². The number of ketones is 1. The van der Waals surface area contributed by atoms with Crippen molar-refractivity contribution in [2.24, 2.45) is 0 Å². The minimum Gasteiger partial charge on any atom is -0.496 e. The van der Waals surface area contributed by atoms with Crippen molar-refractivity contribution in [1.29, 1.82) is 5.26 Å². The van der Waals surface area contributed by atoms with Crippen LogP contribution in [-0.4, -0.2) is 12.9 Å². The van der Waals surface area contributed by atoms with Crippen LogP contribution in [0.4, 0.5) is 0 Å². The Kier molecular flexibility index (Phi) is 2.43. The molecule has 1 aliphatic rings. The summed E-state index contributed by atoms with van der Waals surface area (Å²) >= 11 is 0. The summed E-state index contributed by atoms with van der Waals surface area (Å²) in [6.45, 7) is 1.97. The Labute approximate surface area is 94.6 Å². The van der Waals surface area contributed by atoms with Crippen LogP contribution in [0.2, 0.25) is 0 Å².